The summed E-state index contributed by atoms with van der Waals surface area (Å²) < 4.78 is 0. The molecule has 1 fully saturated rings. The predicted molar refractivity (Wildman–Crippen MR) is 108 cm³/mol. The van der Waals surface area contributed by atoms with Gasteiger partial charge in [0.25, 0.3) is 5.91 Å². The Kier molecular flexibility index (Phi) is 8.94. The molecule has 138 valence electrons. The second-order valence-electron chi connectivity index (χ2n) is 6.07. The molecule has 1 N–H and O–H groups in total. The Balaban J connectivity index is 0.00000156. The fraction of sp³-hybridized carbons (Fsp3) is 0.444. The number of halogens is 3. The summed E-state index contributed by atoms with van der Waals surface area (Å²) in [6.07, 6.45) is 3.81. The van der Waals surface area contributed by atoms with Crippen LogP contribution >= 0.6 is 36.4 Å². The van der Waals surface area contributed by atoms with E-state index in [0.717, 1.165) is 49.9 Å². The van der Waals surface area contributed by atoms with Gasteiger partial charge < -0.3 is 10.2 Å². The predicted octanol–water partition coefficient (Wildman–Crippen LogP) is 4.19. The molecule has 1 aliphatic rings. The molecule has 0 unspecified atom stereocenters. The number of carbonyl (C=O) groups is 1. The number of carbonyl (C=O) groups excluding carboxylic acids is 1. The van der Waals surface area contributed by atoms with Gasteiger partial charge in [0.1, 0.15) is 0 Å². The molecule has 0 saturated carbocycles. The summed E-state index contributed by atoms with van der Waals surface area (Å²) in [5.74, 6) is 0.700. The van der Waals surface area contributed by atoms with Gasteiger partial charge in [-0.15, -0.1) is 24.8 Å². The second-order valence-corrected chi connectivity index (χ2v) is 6.51. The number of piperidine rings is 1. The molecule has 25 heavy (non-hydrogen) atoms. The first-order chi connectivity index (χ1) is 11.2. The van der Waals surface area contributed by atoms with Crippen molar-refractivity contribution in [2.24, 2.45) is 5.92 Å². The van der Waals surface area contributed by atoms with E-state index < -0.39 is 0 Å². The van der Waals surface area contributed by atoms with Gasteiger partial charge in [0.2, 0.25) is 0 Å². The Morgan fingerprint density at radius 2 is 2.04 bits per heavy atom. The topological polar surface area (TPSA) is 45.2 Å². The third kappa shape index (κ3) is 5.20. The minimum Gasteiger partial charge on any atom is -0.339 e. The highest BCUT2D eigenvalue weighted by molar-refractivity contribution is 6.32. The van der Waals surface area contributed by atoms with Crippen molar-refractivity contribution < 1.29 is 4.79 Å². The molecule has 1 aliphatic heterocycles. The monoisotopic (exact) mass is 403 g/mol. The summed E-state index contributed by atoms with van der Waals surface area (Å²) in [5, 5.41) is 4.88. The quantitative estimate of drug-likeness (QED) is 0.831. The van der Waals surface area contributed by atoms with Crippen LogP contribution in [0.25, 0.3) is 10.9 Å². The van der Waals surface area contributed by atoms with Crippen LogP contribution in [-0.2, 0) is 0 Å². The average molecular weight is 405 g/mol. The fourth-order valence-electron chi connectivity index (χ4n) is 3.18. The van der Waals surface area contributed by atoms with E-state index in [9.17, 15) is 4.79 Å². The Morgan fingerprint density at radius 1 is 1.32 bits per heavy atom. The number of nitrogens with zero attached hydrogens (tertiary/aromatic N) is 2. The van der Waals surface area contributed by atoms with E-state index in [-0.39, 0.29) is 30.7 Å². The smallest absolute Gasteiger partial charge is 0.256 e. The first-order valence-electron chi connectivity index (χ1n) is 8.23. The van der Waals surface area contributed by atoms with Gasteiger partial charge in [0.05, 0.1) is 11.1 Å². The van der Waals surface area contributed by atoms with Crippen molar-refractivity contribution in [3.63, 3.8) is 0 Å². The highest BCUT2D eigenvalue weighted by Gasteiger charge is 2.25. The van der Waals surface area contributed by atoms with Crippen molar-refractivity contribution in [1.29, 1.82) is 0 Å². The molecule has 2 aromatic rings. The van der Waals surface area contributed by atoms with Gasteiger partial charge in [-0.2, -0.15) is 0 Å². The molecular formula is C18H24Cl3N3O. The highest BCUT2D eigenvalue weighted by atomic mass is 35.5. The lowest BCUT2D eigenvalue weighted by Crippen LogP contribution is -2.40. The highest BCUT2D eigenvalue weighted by Crippen LogP contribution is 2.25. The van der Waals surface area contributed by atoms with E-state index in [2.05, 4.69) is 17.2 Å². The Bertz CT molecular complexity index is 703. The minimum absolute atomic E-state index is 0. The number of nitrogens with one attached hydrogen (secondary N) is 1. The molecule has 1 saturated heterocycles. The van der Waals surface area contributed by atoms with Gasteiger partial charge in [-0.3, -0.25) is 9.78 Å². The molecule has 2 heterocycles. The van der Waals surface area contributed by atoms with E-state index in [1.165, 1.54) is 0 Å². The van der Waals surface area contributed by atoms with E-state index in [4.69, 9.17) is 11.6 Å². The van der Waals surface area contributed by atoms with Gasteiger partial charge in [-0.25, -0.2) is 0 Å². The molecule has 3 rings (SSSR count). The average Bonchev–Trinajstić information content (AvgIpc) is 2.59. The third-order valence-electron chi connectivity index (χ3n) is 4.48. The van der Waals surface area contributed by atoms with E-state index in [1.54, 1.807) is 12.3 Å². The lowest BCUT2D eigenvalue weighted by molar-refractivity contribution is 0.0692. The fourth-order valence-corrected chi connectivity index (χ4v) is 3.40. The van der Waals surface area contributed by atoms with Crippen molar-refractivity contribution in [3.05, 3.63) is 41.0 Å². The number of aromatic nitrogens is 1. The maximum atomic E-state index is 12.9. The summed E-state index contributed by atoms with van der Waals surface area (Å²) in [7, 11) is 0. The van der Waals surface area contributed by atoms with Crippen molar-refractivity contribution in [2.45, 2.75) is 19.8 Å². The molecule has 4 nitrogen and oxygen atoms in total. The zero-order valence-electron chi connectivity index (χ0n) is 14.2. The van der Waals surface area contributed by atoms with Crippen LogP contribution in [-0.4, -0.2) is 42.0 Å². The van der Waals surface area contributed by atoms with Crippen LogP contribution < -0.4 is 5.32 Å². The molecule has 1 aromatic heterocycles. The lowest BCUT2D eigenvalue weighted by Gasteiger charge is -2.32. The summed E-state index contributed by atoms with van der Waals surface area (Å²) in [4.78, 5) is 19.2. The molecular weight excluding hydrogens is 381 g/mol. The van der Waals surface area contributed by atoms with Crippen molar-refractivity contribution >= 4 is 53.2 Å². The Labute approximate surface area is 166 Å². The molecule has 1 aromatic carbocycles. The number of pyridine rings is 1. The number of hydrogen-bond acceptors (Lipinski definition) is 3. The van der Waals surface area contributed by atoms with Crippen LogP contribution in [0.3, 0.4) is 0 Å². The maximum Gasteiger partial charge on any atom is 0.256 e. The zero-order valence-corrected chi connectivity index (χ0v) is 16.6. The standard InChI is InChI=1S/C18H22ClN3O.2ClH/c1-2-20-12-13-5-8-22(9-6-13)18(23)16-11-15(19)10-14-4-3-7-21-17(14)16;;/h3-4,7,10-11,13,20H,2,5-6,8-9,12H2,1H3;2*1H. The van der Waals surface area contributed by atoms with Crippen LogP contribution in [0.4, 0.5) is 0 Å². The summed E-state index contributed by atoms with van der Waals surface area (Å²) in [6.45, 7) is 5.76. The normalized spacial score (nSPS) is 14.7. The number of likely N-dealkylation sites (tertiary alicyclic amines) is 1. The molecule has 0 radical (unpaired) electrons. The molecule has 0 aliphatic carbocycles. The third-order valence-corrected chi connectivity index (χ3v) is 4.70. The Morgan fingerprint density at radius 3 is 2.72 bits per heavy atom. The first kappa shape index (κ1) is 22.0. The van der Waals surface area contributed by atoms with Crippen molar-refractivity contribution in [1.82, 2.24) is 15.2 Å². The number of fused-ring (bicyclic) bond motifs is 1. The SMILES string of the molecule is CCNCC1CCN(C(=O)c2cc(Cl)cc3cccnc23)CC1.Cl.Cl. The first-order valence-corrected chi connectivity index (χ1v) is 8.61. The summed E-state index contributed by atoms with van der Waals surface area (Å²) in [6, 6.07) is 7.39. The van der Waals surface area contributed by atoms with Gasteiger partial charge in [-0.1, -0.05) is 24.6 Å². The largest absolute Gasteiger partial charge is 0.339 e. The van der Waals surface area contributed by atoms with Crippen molar-refractivity contribution in [2.75, 3.05) is 26.2 Å². The summed E-state index contributed by atoms with van der Waals surface area (Å²) in [5.41, 5.74) is 1.34. The molecule has 1 amide bonds. The van der Waals surface area contributed by atoms with Crippen LogP contribution in [0.5, 0.6) is 0 Å². The molecule has 0 spiro atoms. The molecule has 0 bridgehead atoms. The molecule has 7 heteroatoms. The van der Waals surface area contributed by atoms with Crippen LogP contribution in [0.2, 0.25) is 5.02 Å². The number of amides is 1. The zero-order chi connectivity index (χ0) is 16.2. The molecule has 0 atom stereocenters. The van der Waals surface area contributed by atoms with Crippen LogP contribution in [0.15, 0.2) is 30.5 Å². The van der Waals surface area contributed by atoms with E-state index in [1.807, 2.05) is 23.1 Å². The van der Waals surface area contributed by atoms with Gasteiger partial charge in [0, 0.05) is 29.7 Å². The van der Waals surface area contributed by atoms with Gasteiger partial charge >= 0.3 is 0 Å². The Hall–Kier alpha value is -1.07. The number of rotatable bonds is 4. The maximum absolute atomic E-state index is 12.9. The second kappa shape index (κ2) is 10.2. The van der Waals surface area contributed by atoms with Crippen molar-refractivity contribution in [3.8, 4) is 0 Å². The van der Waals surface area contributed by atoms with E-state index >= 15 is 0 Å². The summed E-state index contributed by atoms with van der Waals surface area (Å²) >= 11 is 6.18. The van der Waals surface area contributed by atoms with Gasteiger partial charge in [0.15, 0.2) is 0 Å². The number of hydrogen-bond donors (Lipinski definition) is 1. The lowest BCUT2D eigenvalue weighted by atomic mass is 9.96. The van der Waals surface area contributed by atoms with E-state index in [0.29, 0.717) is 16.5 Å². The van der Waals surface area contributed by atoms with Crippen LogP contribution in [0, 0.1) is 5.92 Å². The van der Waals surface area contributed by atoms with Crippen LogP contribution in [0.1, 0.15) is 30.1 Å². The minimum atomic E-state index is 0. The number of benzene rings is 1. The van der Waals surface area contributed by atoms with Gasteiger partial charge in [-0.05, 0) is 50.0 Å².